The molecule has 0 fully saturated rings. The number of nitrogens with zero attached hydrogens (tertiary/aromatic N) is 2. The molecule has 106 valence electrons. The number of pyridine rings is 1. The number of benzene rings is 1. The lowest BCUT2D eigenvalue weighted by Crippen LogP contribution is -2.15. The quantitative estimate of drug-likeness (QED) is 0.798. The molecule has 1 N–H and O–H groups in total. The Morgan fingerprint density at radius 2 is 1.95 bits per heavy atom. The molecule has 2 rings (SSSR count). The van der Waals surface area contributed by atoms with Crippen molar-refractivity contribution in [2.24, 2.45) is 0 Å². The Morgan fingerprint density at radius 3 is 2.60 bits per heavy atom. The maximum atomic E-state index is 4.41. The Bertz CT molecular complexity index is 599. The molecule has 1 aromatic carbocycles. The van der Waals surface area contributed by atoms with Gasteiger partial charge in [0, 0.05) is 35.3 Å². The number of halogens is 2. The molecule has 0 amide bonds. The Balaban J connectivity index is 2.26. The Kier molecular flexibility index (Phi) is 5.05. The second kappa shape index (κ2) is 6.59. The number of aromatic nitrogens is 1. The number of nitrogens with one attached hydrogen (secondary N) is 1. The number of anilines is 2. The molecule has 3 nitrogen and oxygen atoms in total. The van der Waals surface area contributed by atoms with E-state index in [9.17, 15) is 0 Å². The van der Waals surface area contributed by atoms with E-state index in [1.165, 1.54) is 5.56 Å². The lowest BCUT2D eigenvalue weighted by Gasteiger charge is -2.21. The van der Waals surface area contributed by atoms with Crippen LogP contribution in [-0.2, 0) is 0 Å². The first-order chi connectivity index (χ1) is 9.49. The fraction of sp³-hybridized carbons (Fsp3) is 0.267. The van der Waals surface area contributed by atoms with E-state index >= 15 is 0 Å². The van der Waals surface area contributed by atoms with Gasteiger partial charge >= 0.3 is 0 Å². The summed E-state index contributed by atoms with van der Waals surface area (Å²) in [6.07, 6.45) is 1.81. The van der Waals surface area contributed by atoms with Crippen molar-refractivity contribution in [3.05, 3.63) is 51.0 Å². The lowest BCUT2D eigenvalue weighted by molar-refractivity contribution is 0.873. The Morgan fingerprint density at radius 1 is 1.20 bits per heavy atom. The average Bonchev–Trinajstić information content (AvgIpc) is 2.38. The summed E-state index contributed by atoms with van der Waals surface area (Å²) in [7, 11) is 3.99. The van der Waals surface area contributed by atoms with Gasteiger partial charge in [-0.1, -0.05) is 37.9 Å². The van der Waals surface area contributed by atoms with Crippen molar-refractivity contribution in [1.82, 2.24) is 4.98 Å². The standard InChI is InChI=1S/C15H17Br2N3/c1-10(12-7-6-11(16)9-13(12)17)19-14-5-4-8-18-15(14)20(2)3/h4-10,19H,1-3H3. The summed E-state index contributed by atoms with van der Waals surface area (Å²) < 4.78 is 2.15. The van der Waals surface area contributed by atoms with Gasteiger partial charge in [0.1, 0.15) is 0 Å². The summed E-state index contributed by atoms with van der Waals surface area (Å²) >= 11 is 7.09. The smallest absolute Gasteiger partial charge is 0.151 e. The molecule has 1 aromatic heterocycles. The molecule has 0 aliphatic carbocycles. The molecule has 0 radical (unpaired) electrons. The molecule has 2 aromatic rings. The highest BCUT2D eigenvalue weighted by molar-refractivity contribution is 9.11. The van der Waals surface area contributed by atoms with Gasteiger partial charge in [0.25, 0.3) is 0 Å². The molecule has 5 heteroatoms. The molecule has 0 aliphatic heterocycles. The molecule has 1 heterocycles. The molecule has 0 bridgehead atoms. The summed E-state index contributed by atoms with van der Waals surface area (Å²) in [5.41, 5.74) is 2.24. The highest BCUT2D eigenvalue weighted by Crippen LogP contribution is 2.31. The third kappa shape index (κ3) is 3.52. The van der Waals surface area contributed by atoms with Crippen LogP contribution in [0.2, 0.25) is 0 Å². The third-order valence-corrected chi connectivity index (χ3v) is 4.19. The molecular formula is C15H17Br2N3. The van der Waals surface area contributed by atoms with Crippen LogP contribution in [0, 0.1) is 0 Å². The topological polar surface area (TPSA) is 28.2 Å². The van der Waals surface area contributed by atoms with E-state index in [1.807, 2.05) is 37.2 Å². The lowest BCUT2D eigenvalue weighted by atomic mass is 10.1. The van der Waals surface area contributed by atoms with Crippen LogP contribution >= 0.6 is 31.9 Å². The van der Waals surface area contributed by atoms with Gasteiger partial charge in [-0.3, -0.25) is 0 Å². The predicted molar refractivity (Wildman–Crippen MR) is 92.4 cm³/mol. The fourth-order valence-electron chi connectivity index (χ4n) is 2.03. The second-order valence-corrected chi connectivity index (χ2v) is 6.57. The van der Waals surface area contributed by atoms with Crippen LogP contribution in [0.25, 0.3) is 0 Å². The van der Waals surface area contributed by atoms with Crippen LogP contribution < -0.4 is 10.2 Å². The van der Waals surface area contributed by atoms with E-state index in [2.05, 4.69) is 61.2 Å². The fourth-order valence-corrected chi connectivity index (χ4v) is 3.42. The Labute approximate surface area is 136 Å². The average molecular weight is 399 g/mol. The van der Waals surface area contributed by atoms with Crippen LogP contribution in [0.3, 0.4) is 0 Å². The molecule has 0 saturated heterocycles. The molecule has 1 unspecified atom stereocenters. The van der Waals surface area contributed by atoms with Gasteiger partial charge in [-0.2, -0.15) is 0 Å². The molecule has 20 heavy (non-hydrogen) atoms. The monoisotopic (exact) mass is 397 g/mol. The first-order valence-electron chi connectivity index (χ1n) is 6.33. The highest BCUT2D eigenvalue weighted by atomic mass is 79.9. The van der Waals surface area contributed by atoms with Crippen LogP contribution in [0.4, 0.5) is 11.5 Å². The van der Waals surface area contributed by atoms with E-state index in [-0.39, 0.29) is 6.04 Å². The van der Waals surface area contributed by atoms with Crippen LogP contribution in [-0.4, -0.2) is 19.1 Å². The van der Waals surface area contributed by atoms with Crippen molar-refractivity contribution in [1.29, 1.82) is 0 Å². The molecular weight excluding hydrogens is 382 g/mol. The van der Waals surface area contributed by atoms with Crippen molar-refractivity contribution in [3.8, 4) is 0 Å². The van der Waals surface area contributed by atoms with E-state index in [1.54, 1.807) is 6.20 Å². The SMILES string of the molecule is CC(Nc1cccnc1N(C)C)c1ccc(Br)cc1Br. The van der Waals surface area contributed by atoms with E-state index in [0.717, 1.165) is 20.5 Å². The third-order valence-electron chi connectivity index (χ3n) is 3.01. The van der Waals surface area contributed by atoms with Crippen LogP contribution in [0.15, 0.2) is 45.5 Å². The van der Waals surface area contributed by atoms with Crippen LogP contribution in [0.5, 0.6) is 0 Å². The first kappa shape index (κ1) is 15.3. The minimum atomic E-state index is 0.181. The zero-order valence-electron chi connectivity index (χ0n) is 11.7. The van der Waals surface area contributed by atoms with Gasteiger partial charge in [0.2, 0.25) is 0 Å². The van der Waals surface area contributed by atoms with E-state index < -0.39 is 0 Å². The van der Waals surface area contributed by atoms with Crippen LogP contribution in [0.1, 0.15) is 18.5 Å². The molecule has 0 aliphatic rings. The van der Waals surface area contributed by atoms with Gasteiger partial charge in [-0.15, -0.1) is 0 Å². The maximum absolute atomic E-state index is 4.41. The highest BCUT2D eigenvalue weighted by Gasteiger charge is 2.12. The van der Waals surface area contributed by atoms with Crippen molar-refractivity contribution in [3.63, 3.8) is 0 Å². The van der Waals surface area contributed by atoms with Crippen molar-refractivity contribution in [2.45, 2.75) is 13.0 Å². The van der Waals surface area contributed by atoms with Gasteiger partial charge in [-0.25, -0.2) is 4.98 Å². The molecule has 1 atom stereocenters. The molecule has 0 spiro atoms. The Hall–Kier alpha value is -1.07. The van der Waals surface area contributed by atoms with Crippen molar-refractivity contribution >= 4 is 43.4 Å². The largest absolute Gasteiger partial charge is 0.375 e. The van der Waals surface area contributed by atoms with Gasteiger partial charge < -0.3 is 10.2 Å². The molecule has 0 saturated carbocycles. The van der Waals surface area contributed by atoms with Gasteiger partial charge in [0.05, 0.1) is 5.69 Å². The summed E-state index contributed by atoms with van der Waals surface area (Å²) in [6.45, 7) is 2.14. The summed E-state index contributed by atoms with van der Waals surface area (Å²) in [5, 5.41) is 3.52. The van der Waals surface area contributed by atoms with Crippen molar-refractivity contribution < 1.29 is 0 Å². The number of rotatable bonds is 4. The number of hydrogen-bond donors (Lipinski definition) is 1. The van der Waals surface area contributed by atoms with Crippen molar-refractivity contribution in [2.75, 3.05) is 24.3 Å². The maximum Gasteiger partial charge on any atom is 0.151 e. The summed E-state index contributed by atoms with van der Waals surface area (Å²) in [4.78, 5) is 6.41. The minimum Gasteiger partial charge on any atom is -0.375 e. The zero-order chi connectivity index (χ0) is 14.7. The van der Waals surface area contributed by atoms with Gasteiger partial charge in [-0.05, 0) is 36.8 Å². The zero-order valence-corrected chi connectivity index (χ0v) is 14.9. The summed E-state index contributed by atoms with van der Waals surface area (Å²) in [6, 6.07) is 10.4. The number of hydrogen-bond acceptors (Lipinski definition) is 3. The first-order valence-corrected chi connectivity index (χ1v) is 7.91. The second-order valence-electron chi connectivity index (χ2n) is 4.80. The summed E-state index contributed by atoms with van der Waals surface area (Å²) in [5.74, 6) is 0.938. The van der Waals surface area contributed by atoms with Gasteiger partial charge in [0.15, 0.2) is 5.82 Å². The predicted octanol–water partition coefficient (Wildman–Crippen LogP) is 4.85. The van der Waals surface area contributed by atoms with E-state index in [4.69, 9.17) is 0 Å². The van der Waals surface area contributed by atoms with E-state index in [0.29, 0.717) is 0 Å². The normalized spacial score (nSPS) is 12.1. The minimum absolute atomic E-state index is 0.181.